The van der Waals surface area contributed by atoms with E-state index in [1.165, 1.54) is 7.11 Å². The van der Waals surface area contributed by atoms with Gasteiger partial charge in [-0.05, 0) is 50.2 Å². The van der Waals surface area contributed by atoms with Gasteiger partial charge in [0.25, 0.3) is 10.0 Å². The molecule has 130 valence electrons. The molecule has 0 bridgehead atoms. The third-order valence-electron chi connectivity index (χ3n) is 3.81. The van der Waals surface area contributed by atoms with E-state index in [-0.39, 0.29) is 4.90 Å². The van der Waals surface area contributed by atoms with E-state index in [2.05, 4.69) is 4.72 Å². The summed E-state index contributed by atoms with van der Waals surface area (Å²) in [5.74, 6) is 1.88. The number of aryl methyl sites for hydroxylation is 2. The minimum atomic E-state index is -3.73. The maximum absolute atomic E-state index is 12.7. The second-order valence-electron chi connectivity index (χ2n) is 5.74. The summed E-state index contributed by atoms with van der Waals surface area (Å²) in [4.78, 5) is 0.197. The van der Waals surface area contributed by atoms with Crippen molar-refractivity contribution < 1.29 is 17.6 Å². The molecule has 1 heterocycles. The lowest BCUT2D eigenvalue weighted by molar-refractivity contribution is 0.415. The third-order valence-corrected chi connectivity index (χ3v) is 5.19. The molecule has 0 saturated heterocycles. The standard InChI is InChI=1S/C19H19NO4S/c1-13-4-8-16(9-5-13)25(21,22)20-18-12-15(23-3)7-10-17(18)19-11-6-14(2)24-19/h4-12,20H,1-3H3. The van der Waals surface area contributed by atoms with Crippen LogP contribution in [0.2, 0.25) is 0 Å². The van der Waals surface area contributed by atoms with Gasteiger partial charge in [-0.15, -0.1) is 0 Å². The highest BCUT2D eigenvalue weighted by molar-refractivity contribution is 7.92. The van der Waals surface area contributed by atoms with E-state index in [0.29, 0.717) is 22.8 Å². The Morgan fingerprint density at radius 1 is 0.960 bits per heavy atom. The van der Waals surface area contributed by atoms with Gasteiger partial charge in [0.2, 0.25) is 0 Å². The molecule has 5 nitrogen and oxygen atoms in total. The van der Waals surface area contributed by atoms with Gasteiger partial charge in [-0.25, -0.2) is 8.42 Å². The SMILES string of the molecule is COc1ccc(-c2ccc(C)o2)c(NS(=O)(=O)c2ccc(C)cc2)c1. The van der Waals surface area contributed by atoms with Crippen molar-refractivity contribution >= 4 is 15.7 Å². The molecule has 0 amide bonds. The normalized spacial score (nSPS) is 11.3. The summed E-state index contributed by atoms with van der Waals surface area (Å²) in [6.07, 6.45) is 0. The summed E-state index contributed by atoms with van der Waals surface area (Å²) in [6, 6.07) is 15.5. The van der Waals surface area contributed by atoms with Gasteiger partial charge >= 0.3 is 0 Å². The Morgan fingerprint density at radius 3 is 2.28 bits per heavy atom. The molecule has 0 saturated carbocycles. The van der Waals surface area contributed by atoms with Crippen LogP contribution in [0, 0.1) is 13.8 Å². The van der Waals surface area contributed by atoms with Gasteiger partial charge < -0.3 is 9.15 Å². The number of rotatable bonds is 5. The zero-order chi connectivity index (χ0) is 18.0. The lowest BCUT2D eigenvalue weighted by Crippen LogP contribution is -2.13. The summed E-state index contributed by atoms with van der Waals surface area (Å²) in [7, 11) is -2.19. The van der Waals surface area contributed by atoms with E-state index >= 15 is 0 Å². The van der Waals surface area contributed by atoms with Gasteiger partial charge in [-0.3, -0.25) is 4.72 Å². The molecule has 1 aromatic heterocycles. The predicted molar refractivity (Wildman–Crippen MR) is 97.4 cm³/mol. The van der Waals surface area contributed by atoms with Crippen molar-refractivity contribution in [2.45, 2.75) is 18.7 Å². The average molecular weight is 357 g/mol. The lowest BCUT2D eigenvalue weighted by Gasteiger charge is -2.13. The second-order valence-corrected chi connectivity index (χ2v) is 7.42. The molecule has 2 aromatic carbocycles. The fraction of sp³-hybridized carbons (Fsp3) is 0.158. The fourth-order valence-corrected chi connectivity index (χ4v) is 3.52. The summed E-state index contributed by atoms with van der Waals surface area (Å²) in [5.41, 5.74) is 2.03. The first kappa shape index (κ1) is 17.1. The Kier molecular flexibility index (Phi) is 4.55. The number of benzene rings is 2. The number of anilines is 1. The van der Waals surface area contributed by atoms with Crippen LogP contribution in [0.3, 0.4) is 0 Å². The number of sulfonamides is 1. The van der Waals surface area contributed by atoms with Crippen molar-refractivity contribution in [3.63, 3.8) is 0 Å². The summed E-state index contributed by atoms with van der Waals surface area (Å²) in [5, 5.41) is 0. The number of hydrogen-bond donors (Lipinski definition) is 1. The van der Waals surface area contributed by atoms with Crippen molar-refractivity contribution in [2.75, 3.05) is 11.8 Å². The quantitative estimate of drug-likeness (QED) is 0.736. The van der Waals surface area contributed by atoms with Crippen LogP contribution in [-0.2, 0) is 10.0 Å². The topological polar surface area (TPSA) is 68.5 Å². The van der Waals surface area contributed by atoms with Gasteiger partial charge in [0, 0.05) is 11.6 Å². The predicted octanol–water partition coefficient (Wildman–Crippen LogP) is 4.37. The molecule has 25 heavy (non-hydrogen) atoms. The second kappa shape index (κ2) is 6.64. The number of nitrogens with one attached hydrogen (secondary N) is 1. The fourth-order valence-electron chi connectivity index (χ4n) is 2.45. The van der Waals surface area contributed by atoms with Gasteiger partial charge in [-0.2, -0.15) is 0 Å². The van der Waals surface area contributed by atoms with Crippen molar-refractivity contribution in [2.24, 2.45) is 0 Å². The van der Waals surface area contributed by atoms with Crippen LogP contribution in [0.1, 0.15) is 11.3 Å². The molecule has 0 aliphatic heterocycles. The van der Waals surface area contributed by atoms with Crippen molar-refractivity contribution in [3.8, 4) is 17.1 Å². The maximum atomic E-state index is 12.7. The molecule has 3 aromatic rings. The number of methoxy groups -OCH3 is 1. The van der Waals surface area contributed by atoms with Gasteiger partial charge in [-0.1, -0.05) is 17.7 Å². The number of ether oxygens (including phenoxy) is 1. The molecule has 0 fully saturated rings. The Labute approximate surface area is 147 Å². The lowest BCUT2D eigenvalue weighted by atomic mass is 10.1. The number of hydrogen-bond acceptors (Lipinski definition) is 4. The Bertz CT molecular complexity index is 989. The summed E-state index contributed by atoms with van der Waals surface area (Å²) >= 11 is 0. The molecule has 3 rings (SSSR count). The van der Waals surface area contributed by atoms with Crippen LogP contribution in [0.5, 0.6) is 5.75 Å². The van der Waals surface area contributed by atoms with Crippen LogP contribution in [-0.4, -0.2) is 15.5 Å². The zero-order valence-electron chi connectivity index (χ0n) is 14.2. The average Bonchev–Trinajstić information content (AvgIpc) is 3.01. The highest BCUT2D eigenvalue weighted by atomic mass is 32.2. The first-order valence-electron chi connectivity index (χ1n) is 7.73. The Hall–Kier alpha value is -2.73. The van der Waals surface area contributed by atoms with E-state index in [0.717, 1.165) is 11.3 Å². The van der Waals surface area contributed by atoms with Crippen LogP contribution < -0.4 is 9.46 Å². The first-order valence-corrected chi connectivity index (χ1v) is 9.22. The van der Waals surface area contributed by atoms with Gasteiger partial charge in [0.05, 0.1) is 17.7 Å². The van der Waals surface area contributed by atoms with Gasteiger partial charge in [0.1, 0.15) is 17.3 Å². The third kappa shape index (κ3) is 3.69. The van der Waals surface area contributed by atoms with E-state index in [1.807, 2.05) is 19.9 Å². The van der Waals surface area contributed by atoms with E-state index in [1.54, 1.807) is 48.5 Å². The molecular weight excluding hydrogens is 338 g/mol. The summed E-state index contributed by atoms with van der Waals surface area (Å²) < 4.78 is 38.9. The highest BCUT2D eigenvalue weighted by Crippen LogP contribution is 2.34. The first-order chi connectivity index (χ1) is 11.9. The van der Waals surface area contributed by atoms with Crippen molar-refractivity contribution in [1.82, 2.24) is 0 Å². The molecule has 0 atom stereocenters. The number of furan rings is 1. The Morgan fingerprint density at radius 2 is 1.68 bits per heavy atom. The van der Waals surface area contributed by atoms with E-state index in [9.17, 15) is 8.42 Å². The Balaban J connectivity index is 2.04. The van der Waals surface area contributed by atoms with Crippen LogP contribution >= 0.6 is 0 Å². The van der Waals surface area contributed by atoms with E-state index < -0.39 is 10.0 Å². The smallest absolute Gasteiger partial charge is 0.261 e. The largest absolute Gasteiger partial charge is 0.497 e. The van der Waals surface area contributed by atoms with Crippen molar-refractivity contribution in [3.05, 3.63) is 65.9 Å². The van der Waals surface area contributed by atoms with Crippen LogP contribution in [0.4, 0.5) is 5.69 Å². The maximum Gasteiger partial charge on any atom is 0.261 e. The van der Waals surface area contributed by atoms with Crippen molar-refractivity contribution in [1.29, 1.82) is 0 Å². The van der Waals surface area contributed by atoms with Gasteiger partial charge in [0.15, 0.2) is 0 Å². The molecule has 6 heteroatoms. The molecular formula is C19H19NO4S. The van der Waals surface area contributed by atoms with Crippen LogP contribution in [0.15, 0.2) is 63.9 Å². The monoisotopic (exact) mass is 357 g/mol. The molecule has 0 radical (unpaired) electrons. The molecule has 0 unspecified atom stereocenters. The zero-order valence-corrected chi connectivity index (χ0v) is 15.1. The molecule has 0 spiro atoms. The van der Waals surface area contributed by atoms with Crippen LogP contribution in [0.25, 0.3) is 11.3 Å². The minimum absolute atomic E-state index is 0.197. The summed E-state index contributed by atoms with van der Waals surface area (Å²) in [6.45, 7) is 3.74. The minimum Gasteiger partial charge on any atom is -0.497 e. The molecule has 0 aliphatic carbocycles. The molecule has 1 N–H and O–H groups in total. The van der Waals surface area contributed by atoms with E-state index in [4.69, 9.17) is 9.15 Å². The highest BCUT2D eigenvalue weighted by Gasteiger charge is 2.18. The molecule has 0 aliphatic rings.